The topological polar surface area (TPSA) is 41.6 Å². The van der Waals surface area contributed by atoms with E-state index >= 15 is 0 Å². The molecule has 0 unspecified atom stereocenters. The van der Waals surface area contributed by atoms with Gasteiger partial charge in [0.1, 0.15) is 5.75 Å². The average Bonchev–Trinajstić information content (AvgIpc) is 2.62. The number of carbonyl (C=O) groups is 1. The molecule has 4 heteroatoms. The molecule has 0 saturated carbocycles. The molecule has 2 aromatic carbocycles. The van der Waals surface area contributed by atoms with Crippen molar-refractivity contribution in [3.8, 4) is 16.9 Å². The van der Waals surface area contributed by atoms with Gasteiger partial charge in [0.25, 0.3) is 0 Å². The highest BCUT2D eigenvalue weighted by Crippen LogP contribution is 2.29. The van der Waals surface area contributed by atoms with Gasteiger partial charge in [-0.15, -0.1) is 0 Å². The number of nitrogens with one attached hydrogen (secondary N) is 1. The lowest BCUT2D eigenvalue weighted by Gasteiger charge is -2.23. The SMILES string of the molecule is CCCCN(C(=O)NC)c1cccc(-c2ccc(OC)c(C)c2)c1. The Morgan fingerprint density at radius 1 is 1.17 bits per heavy atom. The number of anilines is 1. The smallest absolute Gasteiger partial charge is 0.321 e. The van der Waals surface area contributed by atoms with Crippen LogP contribution in [-0.4, -0.2) is 26.7 Å². The Morgan fingerprint density at radius 2 is 1.92 bits per heavy atom. The molecule has 0 bridgehead atoms. The van der Waals surface area contributed by atoms with Gasteiger partial charge in [0.05, 0.1) is 7.11 Å². The molecule has 0 spiro atoms. The molecular weight excluding hydrogens is 300 g/mol. The van der Waals surface area contributed by atoms with Crippen LogP contribution in [-0.2, 0) is 0 Å². The minimum absolute atomic E-state index is 0.0773. The Bertz CT molecular complexity index is 698. The van der Waals surface area contributed by atoms with Crippen LogP contribution in [0, 0.1) is 6.92 Å². The van der Waals surface area contributed by atoms with Crippen LogP contribution in [0.1, 0.15) is 25.3 Å². The summed E-state index contributed by atoms with van der Waals surface area (Å²) >= 11 is 0. The highest BCUT2D eigenvalue weighted by Gasteiger charge is 2.14. The number of ether oxygens (including phenoxy) is 1. The number of hydrogen-bond acceptors (Lipinski definition) is 2. The van der Waals surface area contributed by atoms with E-state index < -0.39 is 0 Å². The molecule has 2 amide bonds. The van der Waals surface area contributed by atoms with Crippen LogP contribution in [0.5, 0.6) is 5.75 Å². The van der Waals surface area contributed by atoms with Gasteiger partial charge in [-0.3, -0.25) is 4.90 Å². The summed E-state index contributed by atoms with van der Waals surface area (Å²) in [4.78, 5) is 14.0. The molecule has 1 N–H and O–H groups in total. The number of methoxy groups -OCH3 is 1. The summed E-state index contributed by atoms with van der Waals surface area (Å²) in [6, 6.07) is 14.1. The van der Waals surface area contributed by atoms with Gasteiger partial charge in [0.15, 0.2) is 0 Å². The van der Waals surface area contributed by atoms with E-state index in [1.165, 1.54) is 0 Å². The summed E-state index contributed by atoms with van der Waals surface area (Å²) in [7, 11) is 3.34. The zero-order valence-electron chi connectivity index (χ0n) is 14.9. The average molecular weight is 326 g/mol. The molecule has 0 heterocycles. The number of nitrogens with zero attached hydrogens (tertiary/aromatic N) is 1. The largest absolute Gasteiger partial charge is 0.496 e. The number of benzene rings is 2. The molecule has 2 aromatic rings. The number of unbranched alkanes of at least 4 members (excludes halogenated alkanes) is 1. The van der Waals surface area contributed by atoms with E-state index in [0.717, 1.165) is 41.0 Å². The number of hydrogen-bond donors (Lipinski definition) is 1. The van der Waals surface area contributed by atoms with Crippen LogP contribution >= 0.6 is 0 Å². The molecular formula is C20H26N2O2. The standard InChI is InChI=1S/C20H26N2O2/c1-5-6-12-22(20(23)21-3)18-9-7-8-16(14-18)17-10-11-19(24-4)15(2)13-17/h7-11,13-14H,5-6,12H2,1-4H3,(H,21,23). The number of amides is 2. The molecule has 128 valence electrons. The third kappa shape index (κ3) is 4.07. The summed E-state index contributed by atoms with van der Waals surface area (Å²) in [6.07, 6.45) is 2.02. The van der Waals surface area contributed by atoms with E-state index in [4.69, 9.17) is 4.74 Å². The van der Waals surface area contributed by atoms with Crippen LogP contribution in [0.2, 0.25) is 0 Å². The lowest BCUT2D eigenvalue weighted by atomic mass is 10.0. The molecule has 0 aliphatic rings. The van der Waals surface area contributed by atoms with E-state index in [1.807, 2.05) is 31.2 Å². The molecule has 2 rings (SSSR count). The van der Waals surface area contributed by atoms with Crippen LogP contribution in [0.25, 0.3) is 11.1 Å². The van der Waals surface area contributed by atoms with Gasteiger partial charge < -0.3 is 10.1 Å². The van der Waals surface area contributed by atoms with E-state index in [2.05, 4.69) is 30.4 Å². The van der Waals surface area contributed by atoms with Crippen LogP contribution in [0.15, 0.2) is 42.5 Å². The van der Waals surface area contributed by atoms with Crippen molar-refractivity contribution >= 4 is 11.7 Å². The van der Waals surface area contributed by atoms with Crippen molar-refractivity contribution < 1.29 is 9.53 Å². The first kappa shape index (κ1) is 17.9. The summed E-state index contributed by atoms with van der Waals surface area (Å²) in [6.45, 7) is 4.87. The summed E-state index contributed by atoms with van der Waals surface area (Å²) in [5.41, 5.74) is 4.20. The predicted octanol–water partition coefficient (Wildman–Crippen LogP) is 4.62. The van der Waals surface area contributed by atoms with Crippen molar-refractivity contribution in [1.29, 1.82) is 0 Å². The van der Waals surface area contributed by atoms with Crippen LogP contribution in [0.4, 0.5) is 10.5 Å². The van der Waals surface area contributed by atoms with E-state index in [1.54, 1.807) is 19.1 Å². The van der Waals surface area contributed by atoms with Crippen molar-refractivity contribution in [3.63, 3.8) is 0 Å². The van der Waals surface area contributed by atoms with Gasteiger partial charge in [0, 0.05) is 19.3 Å². The Morgan fingerprint density at radius 3 is 2.54 bits per heavy atom. The van der Waals surface area contributed by atoms with Gasteiger partial charge in [0.2, 0.25) is 0 Å². The summed E-state index contributed by atoms with van der Waals surface area (Å²) in [5.74, 6) is 0.879. The number of aryl methyl sites for hydroxylation is 1. The molecule has 0 aliphatic heterocycles. The molecule has 0 radical (unpaired) electrons. The van der Waals surface area contributed by atoms with Gasteiger partial charge >= 0.3 is 6.03 Å². The molecule has 0 aromatic heterocycles. The van der Waals surface area contributed by atoms with Gasteiger partial charge in [-0.2, -0.15) is 0 Å². The lowest BCUT2D eigenvalue weighted by molar-refractivity contribution is 0.248. The number of carbonyl (C=O) groups excluding carboxylic acids is 1. The molecule has 0 aliphatic carbocycles. The minimum atomic E-state index is -0.0773. The highest BCUT2D eigenvalue weighted by molar-refractivity contribution is 5.92. The first-order chi connectivity index (χ1) is 11.6. The first-order valence-electron chi connectivity index (χ1n) is 8.35. The van der Waals surface area contributed by atoms with E-state index in [9.17, 15) is 4.79 Å². The summed E-state index contributed by atoms with van der Waals surface area (Å²) in [5, 5.41) is 2.73. The molecule has 0 atom stereocenters. The molecule has 24 heavy (non-hydrogen) atoms. The summed E-state index contributed by atoms with van der Waals surface area (Å²) < 4.78 is 5.33. The van der Waals surface area contributed by atoms with Crippen molar-refractivity contribution in [2.45, 2.75) is 26.7 Å². The zero-order valence-corrected chi connectivity index (χ0v) is 14.9. The second-order valence-corrected chi connectivity index (χ2v) is 5.80. The fraction of sp³-hybridized carbons (Fsp3) is 0.350. The Hall–Kier alpha value is -2.49. The number of rotatable bonds is 6. The third-order valence-electron chi connectivity index (χ3n) is 4.08. The molecule has 0 saturated heterocycles. The van der Waals surface area contributed by atoms with Crippen molar-refractivity contribution in [2.24, 2.45) is 0 Å². The minimum Gasteiger partial charge on any atom is -0.496 e. The number of urea groups is 1. The van der Waals surface area contributed by atoms with E-state index in [-0.39, 0.29) is 6.03 Å². The maximum absolute atomic E-state index is 12.2. The molecule has 0 fully saturated rings. The fourth-order valence-corrected chi connectivity index (χ4v) is 2.71. The van der Waals surface area contributed by atoms with E-state index in [0.29, 0.717) is 6.54 Å². The van der Waals surface area contributed by atoms with Crippen molar-refractivity contribution in [2.75, 3.05) is 25.6 Å². The fourth-order valence-electron chi connectivity index (χ4n) is 2.71. The Labute approximate surface area is 144 Å². The van der Waals surface area contributed by atoms with Crippen molar-refractivity contribution in [1.82, 2.24) is 5.32 Å². The second-order valence-electron chi connectivity index (χ2n) is 5.80. The third-order valence-corrected chi connectivity index (χ3v) is 4.08. The van der Waals surface area contributed by atoms with Gasteiger partial charge in [-0.1, -0.05) is 31.5 Å². The lowest BCUT2D eigenvalue weighted by Crippen LogP contribution is -2.38. The van der Waals surface area contributed by atoms with Crippen LogP contribution in [0.3, 0.4) is 0 Å². The van der Waals surface area contributed by atoms with Gasteiger partial charge in [-0.25, -0.2) is 4.79 Å². The van der Waals surface area contributed by atoms with Crippen molar-refractivity contribution in [3.05, 3.63) is 48.0 Å². The monoisotopic (exact) mass is 326 g/mol. The zero-order chi connectivity index (χ0) is 17.5. The highest BCUT2D eigenvalue weighted by atomic mass is 16.5. The quantitative estimate of drug-likeness (QED) is 0.842. The normalized spacial score (nSPS) is 10.3. The second kappa shape index (κ2) is 8.39. The maximum atomic E-state index is 12.2. The van der Waals surface area contributed by atoms with Crippen LogP contribution < -0.4 is 15.0 Å². The van der Waals surface area contributed by atoms with Gasteiger partial charge in [-0.05, 0) is 54.3 Å². The Balaban J connectivity index is 2.36. The predicted molar refractivity (Wildman–Crippen MR) is 99.9 cm³/mol. The first-order valence-corrected chi connectivity index (χ1v) is 8.35. The maximum Gasteiger partial charge on any atom is 0.321 e. The molecule has 4 nitrogen and oxygen atoms in total. The Kier molecular flexibility index (Phi) is 6.24.